The first-order valence-electron chi connectivity index (χ1n) is 4.15. The highest BCUT2D eigenvalue weighted by Crippen LogP contribution is 2.22. The fraction of sp³-hybridized carbons (Fsp3) is 0.100. The molecule has 0 aliphatic rings. The van der Waals surface area contributed by atoms with Crippen LogP contribution in [0.25, 0.3) is 11.0 Å². The number of carboxylic acids is 1. The third-order valence-corrected chi connectivity index (χ3v) is 2.02. The van der Waals surface area contributed by atoms with E-state index in [2.05, 4.69) is 0 Å². The maximum absolute atomic E-state index is 10.6. The highest BCUT2D eigenvalue weighted by atomic mass is 16.4. The Morgan fingerprint density at radius 1 is 1.43 bits per heavy atom. The van der Waals surface area contributed by atoms with E-state index in [0.29, 0.717) is 5.58 Å². The number of fused-ring (bicyclic) bond motifs is 1. The molecule has 3 N–H and O–H groups in total. The Bertz CT molecular complexity index is 442. The van der Waals surface area contributed by atoms with E-state index in [9.17, 15) is 4.79 Å². The molecule has 2 rings (SSSR count). The van der Waals surface area contributed by atoms with Crippen molar-refractivity contribution in [3.63, 3.8) is 0 Å². The van der Waals surface area contributed by atoms with Crippen molar-refractivity contribution in [1.82, 2.24) is 0 Å². The predicted molar refractivity (Wildman–Crippen MR) is 50.8 cm³/mol. The first kappa shape index (κ1) is 8.77. The van der Waals surface area contributed by atoms with Crippen LogP contribution >= 0.6 is 0 Å². The van der Waals surface area contributed by atoms with Crippen LogP contribution in [0, 0.1) is 0 Å². The molecule has 0 aliphatic heterocycles. The van der Waals surface area contributed by atoms with E-state index in [-0.39, 0.29) is 5.76 Å². The lowest BCUT2D eigenvalue weighted by atomic mass is 10.2. The first-order chi connectivity index (χ1) is 6.68. The summed E-state index contributed by atoms with van der Waals surface area (Å²) in [6.45, 7) is 0. The Morgan fingerprint density at radius 2 is 2.14 bits per heavy atom. The summed E-state index contributed by atoms with van der Waals surface area (Å²) in [7, 11) is 0. The van der Waals surface area contributed by atoms with Crippen LogP contribution in [0.4, 0.5) is 0 Å². The van der Waals surface area contributed by atoms with Crippen molar-refractivity contribution in [2.24, 2.45) is 5.73 Å². The monoisotopic (exact) mass is 191 g/mol. The zero-order valence-corrected chi connectivity index (χ0v) is 7.31. The second-order valence-electron chi connectivity index (χ2n) is 3.00. The van der Waals surface area contributed by atoms with Crippen molar-refractivity contribution in [2.45, 2.75) is 6.04 Å². The molecule has 0 aliphatic carbocycles. The molecule has 1 aromatic carbocycles. The van der Waals surface area contributed by atoms with Gasteiger partial charge in [-0.2, -0.15) is 0 Å². The van der Waals surface area contributed by atoms with Crippen LogP contribution in [-0.4, -0.2) is 11.1 Å². The molecule has 72 valence electrons. The summed E-state index contributed by atoms with van der Waals surface area (Å²) in [6.07, 6.45) is 0. The van der Waals surface area contributed by atoms with Crippen LogP contribution < -0.4 is 5.73 Å². The minimum Gasteiger partial charge on any atom is -0.480 e. The number of hydrogen-bond acceptors (Lipinski definition) is 3. The van der Waals surface area contributed by atoms with Gasteiger partial charge in [0.25, 0.3) is 0 Å². The summed E-state index contributed by atoms with van der Waals surface area (Å²) in [5, 5.41) is 9.54. The fourth-order valence-corrected chi connectivity index (χ4v) is 1.28. The quantitative estimate of drug-likeness (QED) is 0.754. The minimum atomic E-state index is -1.10. The largest absolute Gasteiger partial charge is 0.480 e. The summed E-state index contributed by atoms with van der Waals surface area (Å²) >= 11 is 0. The van der Waals surface area contributed by atoms with E-state index in [1.54, 1.807) is 12.1 Å². The van der Waals surface area contributed by atoms with E-state index >= 15 is 0 Å². The number of benzene rings is 1. The molecule has 0 spiro atoms. The third kappa shape index (κ3) is 1.36. The van der Waals surface area contributed by atoms with Gasteiger partial charge in [-0.25, -0.2) is 0 Å². The Labute approximate surface area is 79.9 Å². The molecule has 0 radical (unpaired) electrons. The standard InChI is InChI=1S/C10H9NO3/c11-9(10(12)13)8-5-6-3-1-2-4-7(6)14-8/h1-5,9H,11H2,(H,12,13)/t9-/m1/s1. The van der Waals surface area contributed by atoms with E-state index in [1.807, 2.05) is 18.2 Å². The van der Waals surface area contributed by atoms with Crippen molar-refractivity contribution >= 4 is 16.9 Å². The molecular weight excluding hydrogens is 182 g/mol. The molecule has 0 fully saturated rings. The van der Waals surface area contributed by atoms with Gasteiger partial charge in [0.05, 0.1) is 0 Å². The molecule has 4 heteroatoms. The van der Waals surface area contributed by atoms with Gasteiger partial charge in [0.15, 0.2) is 6.04 Å². The molecular formula is C10H9NO3. The van der Waals surface area contributed by atoms with E-state index < -0.39 is 12.0 Å². The van der Waals surface area contributed by atoms with Gasteiger partial charge >= 0.3 is 5.97 Å². The summed E-state index contributed by atoms with van der Waals surface area (Å²) in [5.41, 5.74) is 6.06. The summed E-state index contributed by atoms with van der Waals surface area (Å²) in [6, 6.07) is 7.84. The predicted octanol–water partition coefficient (Wildman–Crippen LogP) is 1.52. The van der Waals surface area contributed by atoms with E-state index in [1.165, 1.54) is 0 Å². The Balaban J connectivity index is 2.50. The smallest absolute Gasteiger partial charge is 0.328 e. The van der Waals surface area contributed by atoms with Gasteiger partial charge < -0.3 is 15.3 Å². The normalized spacial score (nSPS) is 12.9. The Kier molecular flexibility index (Phi) is 1.98. The Morgan fingerprint density at radius 3 is 2.79 bits per heavy atom. The number of aliphatic carboxylic acids is 1. The lowest BCUT2D eigenvalue weighted by molar-refractivity contribution is -0.139. The van der Waals surface area contributed by atoms with Gasteiger partial charge in [-0.3, -0.25) is 4.79 Å². The van der Waals surface area contributed by atoms with Crippen LogP contribution in [0.2, 0.25) is 0 Å². The van der Waals surface area contributed by atoms with Crippen molar-refractivity contribution in [3.05, 3.63) is 36.1 Å². The molecule has 0 unspecified atom stereocenters. The molecule has 1 aromatic heterocycles. The molecule has 1 atom stereocenters. The van der Waals surface area contributed by atoms with Crippen LogP contribution in [-0.2, 0) is 4.79 Å². The maximum Gasteiger partial charge on any atom is 0.328 e. The highest BCUT2D eigenvalue weighted by molar-refractivity contribution is 5.81. The van der Waals surface area contributed by atoms with Gasteiger partial charge in [0.1, 0.15) is 11.3 Å². The van der Waals surface area contributed by atoms with Crippen LogP contribution in [0.15, 0.2) is 34.7 Å². The summed E-state index contributed by atoms with van der Waals surface area (Å²) in [4.78, 5) is 10.6. The van der Waals surface area contributed by atoms with Gasteiger partial charge in [-0.15, -0.1) is 0 Å². The van der Waals surface area contributed by atoms with E-state index in [0.717, 1.165) is 5.39 Å². The molecule has 14 heavy (non-hydrogen) atoms. The Hall–Kier alpha value is -1.81. The van der Waals surface area contributed by atoms with Crippen molar-refractivity contribution < 1.29 is 14.3 Å². The second-order valence-corrected chi connectivity index (χ2v) is 3.00. The zero-order valence-electron chi connectivity index (χ0n) is 7.31. The van der Waals surface area contributed by atoms with Crippen molar-refractivity contribution in [1.29, 1.82) is 0 Å². The number of nitrogens with two attached hydrogens (primary N) is 1. The number of carbonyl (C=O) groups is 1. The second kappa shape index (κ2) is 3.16. The summed E-state index contributed by atoms with van der Waals surface area (Å²) < 4.78 is 5.29. The number of carboxylic acid groups (broad SMARTS) is 1. The molecule has 0 amide bonds. The minimum absolute atomic E-state index is 0.277. The lowest BCUT2D eigenvalue weighted by Crippen LogP contribution is -2.19. The molecule has 4 nitrogen and oxygen atoms in total. The van der Waals surface area contributed by atoms with Gasteiger partial charge in [0.2, 0.25) is 0 Å². The van der Waals surface area contributed by atoms with E-state index in [4.69, 9.17) is 15.3 Å². The average Bonchev–Trinajstić information content (AvgIpc) is 2.59. The fourth-order valence-electron chi connectivity index (χ4n) is 1.28. The topological polar surface area (TPSA) is 76.5 Å². The molecule has 2 aromatic rings. The summed E-state index contributed by atoms with van der Waals surface area (Å²) in [5.74, 6) is -0.817. The number of rotatable bonds is 2. The maximum atomic E-state index is 10.6. The third-order valence-electron chi connectivity index (χ3n) is 2.02. The van der Waals surface area contributed by atoms with Crippen molar-refractivity contribution in [3.8, 4) is 0 Å². The number of para-hydroxylation sites is 1. The van der Waals surface area contributed by atoms with Crippen molar-refractivity contribution in [2.75, 3.05) is 0 Å². The molecule has 0 saturated carbocycles. The zero-order chi connectivity index (χ0) is 10.1. The SMILES string of the molecule is N[C@@H](C(=O)O)c1cc2ccccc2o1. The first-order valence-corrected chi connectivity index (χ1v) is 4.15. The average molecular weight is 191 g/mol. The van der Waals surface area contributed by atoms with Gasteiger partial charge in [-0.1, -0.05) is 18.2 Å². The van der Waals surface area contributed by atoms with Crippen LogP contribution in [0.1, 0.15) is 11.8 Å². The molecule has 0 saturated heterocycles. The number of furan rings is 1. The molecule has 0 bridgehead atoms. The van der Waals surface area contributed by atoms with Crippen LogP contribution in [0.3, 0.4) is 0 Å². The van der Waals surface area contributed by atoms with Crippen LogP contribution in [0.5, 0.6) is 0 Å². The molecule has 1 heterocycles. The lowest BCUT2D eigenvalue weighted by Gasteiger charge is -1.99. The number of hydrogen-bond donors (Lipinski definition) is 2. The highest BCUT2D eigenvalue weighted by Gasteiger charge is 2.18. The van der Waals surface area contributed by atoms with Gasteiger partial charge in [0, 0.05) is 5.39 Å². The van der Waals surface area contributed by atoms with Gasteiger partial charge in [-0.05, 0) is 12.1 Å².